The van der Waals surface area contributed by atoms with Crippen molar-refractivity contribution in [2.45, 2.75) is 38.9 Å². The number of likely N-dealkylation sites (tertiary alicyclic amines) is 1. The van der Waals surface area contributed by atoms with Crippen LogP contribution in [0.4, 0.5) is 10.1 Å². The van der Waals surface area contributed by atoms with Crippen molar-refractivity contribution in [3.63, 3.8) is 0 Å². The summed E-state index contributed by atoms with van der Waals surface area (Å²) in [4.78, 5) is 4.94. The highest BCUT2D eigenvalue weighted by atomic mass is 19.1. The van der Waals surface area contributed by atoms with Crippen LogP contribution in [0.5, 0.6) is 0 Å². The Kier molecular flexibility index (Phi) is 7.14. The van der Waals surface area contributed by atoms with Gasteiger partial charge in [-0.25, -0.2) is 4.39 Å². The molecule has 4 rings (SSSR count). The van der Waals surface area contributed by atoms with Gasteiger partial charge >= 0.3 is 0 Å². The maximum absolute atomic E-state index is 13.0. The van der Waals surface area contributed by atoms with Gasteiger partial charge in [0.15, 0.2) is 0 Å². The fraction of sp³-hybridized carbons (Fsp3) is 0.407. The highest BCUT2D eigenvalue weighted by molar-refractivity contribution is 5.85. The van der Waals surface area contributed by atoms with Gasteiger partial charge in [-0.1, -0.05) is 18.1 Å². The van der Waals surface area contributed by atoms with E-state index in [-0.39, 0.29) is 5.82 Å². The summed E-state index contributed by atoms with van der Waals surface area (Å²) in [6.07, 6.45) is 2.47. The summed E-state index contributed by atoms with van der Waals surface area (Å²) in [6.45, 7) is 6.86. The molecule has 0 unspecified atom stereocenters. The van der Waals surface area contributed by atoms with Gasteiger partial charge in [-0.2, -0.15) is 0 Å². The van der Waals surface area contributed by atoms with Gasteiger partial charge in [-0.15, -0.1) is 0 Å². The minimum absolute atomic E-state index is 0.230. The molecule has 0 amide bonds. The molecule has 1 saturated heterocycles. The third-order valence-electron chi connectivity index (χ3n) is 6.48. The number of aromatic nitrogens is 1. The number of hydrogen-bond acceptors (Lipinski definition) is 3. The summed E-state index contributed by atoms with van der Waals surface area (Å²) < 4.78 is 15.3. The zero-order valence-electron chi connectivity index (χ0n) is 19.4. The molecule has 2 aromatic carbocycles. The quantitative estimate of drug-likeness (QED) is 0.567. The monoisotopic (exact) mass is 432 g/mol. The Morgan fingerprint density at radius 1 is 1.09 bits per heavy atom. The average Bonchev–Trinajstić information content (AvgIpc) is 3.16. The van der Waals surface area contributed by atoms with E-state index < -0.39 is 0 Å². The van der Waals surface area contributed by atoms with Crippen molar-refractivity contribution in [1.29, 1.82) is 0 Å². The van der Waals surface area contributed by atoms with Crippen LogP contribution in [0.1, 0.15) is 31.0 Å². The maximum Gasteiger partial charge on any atom is 0.123 e. The molecule has 4 nitrogen and oxygen atoms in total. The lowest BCUT2D eigenvalue weighted by Gasteiger charge is -2.35. The van der Waals surface area contributed by atoms with E-state index >= 15 is 0 Å². The Balaban J connectivity index is 1.48. The zero-order chi connectivity index (χ0) is 22.5. The topological polar surface area (TPSA) is 23.4 Å². The van der Waals surface area contributed by atoms with E-state index in [2.05, 4.69) is 76.8 Å². The first-order valence-corrected chi connectivity index (χ1v) is 11.5. The Bertz CT molecular complexity index is 1100. The van der Waals surface area contributed by atoms with Crippen molar-refractivity contribution in [3.05, 3.63) is 65.6 Å². The summed E-state index contributed by atoms with van der Waals surface area (Å²) in [7, 11) is 4.37. The molecule has 1 aliphatic rings. The number of anilines is 1. The molecule has 0 bridgehead atoms. The van der Waals surface area contributed by atoms with E-state index in [9.17, 15) is 4.39 Å². The fourth-order valence-corrected chi connectivity index (χ4v) is 4.61. The van der Waals surface area contributed by atoms with Crippen LogP contribution in [0.25, 0.3) is 10.9 Å². The zero-order valence-corrected chi connectivity index (χ0v) is 19.4. The van der Waals surface area contributed by atoms with Gasteiger partial charge in [-0.3, -0.25) is 4.90 Å². The number of fused-ring (bicyclic) bond motifs is 1. The number of hydrogen-bond donors (Lipinski definition) is 1. The normalized spacial score (nSPS) is 15.2. The number of aryl methyl sites for hydroxylation is 1. The van der Waals surface area contributed by atoms with Crippen LogP contribution in [0, 0.1) is 17.7 Å². The lowest BCUT2D eigenvalue weighted by molar-refractivity contribution is 0.140. The highest BCUT2D eigenvalue weighted by Gasteiger charge is 2.21. The maximum atomic E-state index is 13.0. The van der Waals surface area contributed by atoms with Crippen molar-refractivity contribution < 1.29 is 4.39 Å². The summed E-state index contributed by atoms with van der Waals surface area (Å²) in [5.74, 6) is 6.34. The lowest BCUT2D eigenvalue weighted by Crippen LogP contribution is -2.41. The number of nitrogens with one attached hydrogen (secondary N) is 1. The average molecular weight is 433 g/mol. The van der Waals surface area contributed by atoms with E-state index in [1.807, 2.05) is 0 Å². The van der Waals surface area contributed by atoms with Gasteiger partial charge in [0.1, 0.15) is 5.82 Å². The van der Waals surface area contributed by atoms with Crippen LogP contribution in [0.3, 0.4) is 0 Å². The molecule has 2 heterocycles. The van der Waals surface area contributed by atoms with Gasteiger partial charge < -0.3 is 14.8 Å². The second kappa shape index (κ2) is 10.2. The third kappa shape index (κ3) is 5.15. The van der Waals surface area contributed by atoms with Crippen molar-refractivity contribution in [2.75, 3.05) is 39.0 Å². The highest BCUT2D eigenvalue weighted by Crippen LogP contribution is 2.26. The molecule has 1 N–H and O–H groups in total. The molecule has 1 aliphatic heterocycles. The molecule has 0 saturated carbocycles. The van der Waals surface area contributed by atoms with Gasteiger partial charge in [0, 0.05) is 35.7 Å². The van der Waals surface area contributed by atoms with Crippen molar-refractivity contribution >= 4 is 16.6 Å². The molecule has 5 heteroatoms. The van der Waals surface area contributed by atoms with E-state index in [1.165, 1.54) is 41.4 Å². The number of benzene rings is 2. The Morgan fingerprint density at radius 2 is 1.84 bits per heavy atom. The molecule has 1 fully saturated rings. The first-order chi connectivity index (χ1) is 15.5. The predicted molar refractivity (Wildman–Crippen MR) is 131 cm³/mol. The molecular weight excluding hydrogens is 399 g/mol. The van der Waals surface area contributed by atoms with Gasteiger partial charge in [0.05, 0.1) is 12.2 Å². The largest absolute Gasteiger partial charge is 0.374 e. The van der Waals surface area contributed by atoms with Crippen LogP contribution in [0.15, 0.2) is 48.5 Å². The molecule has 32 heavy (non-hydrogen) atoms. The molecule has 0 radical (unpaired) electrons. The van der Waals surface area contributed by atoms with Gasteiger partial charge in [-0.05, 0) is 94.8 Å². The van der Waals surface area contributed by atoms with Crippen LogP contribution >= 0.6 is 0 Å². The van der Waals surface area contributed by atoms with E-state index in [1.54, 1.807) is 12.1 Å². The summed E-state index contributed by atoms with van der Waals surface area (Å²) >= 11 is 0. The number of piperidine rings is 1. The summed E-state index contributed by atoms with van der Waals surface area (Å²) in [5, 5.41) is 4.54. The van der Waals surface area contributed by atoms with Crippen LogP contribution < -0.4 is 5.32 Å². The number of halogens is 1. The lowest BCUT2D eigenvalue weighted by atomic mass is 10.0. The number of nitrogens with zero attached hydrogens (tertiary/aromatic N) is 3. The molecule has 0 aliphatic carbocycles. The SMILES string of the molecule is CCn1c(C#CCNc2ccc(F)cc2)cc2c(CN3CCC(N(C)C)CC3)cccc21. The van der Waals surface area contributed by atoms with E-state index in [0.717, 1.165) is 37.6 Å². The van der Waals surface area contributed by atoms with Gasteiger partial charge in [0.25, 0.3) is 0 Å². The summed E-state index contributed by atoms with van der Waals surface area (Å²) in [5.41, 5.74) is 4.55. The first-order valence-electron chi connectivity index (χ1n) is 11.5. The molecular formula is C27H33FN4. The second-order valence-corrected chi connectivity index (χ2v) is 8.76. The Morgan fingerprint density at radius 3 is 2.53 bits per heavy atom. The Labute approximate surface area is 191 Å². The standard InChI is InChI=1S/C27H33FN4/c1-4-32-25(8-6-16-29-23-12-10-22(28)11-13-23)19-26-21(7-5-9-27(26)32)20-31-17-14-24(15-18-31)30(2)3/h5,7,9-13,19,24,29H,4,14-18,20H2,1-3H3. The first kappa shape index (κ1) is 22.4. The fourth-order valence-electron chi connectivity index (χ4n) is 4.61. The van der Waals surface area contributed by atoms with Crippen LogP contribution in [-0.4, -0.2) is 54.1 Å². The van der Waals surface area contributed by atoms with E-state index in [0.29, 0.717) is 12.6 Å². The summed E-state index contributed by atoms with van der Waals surface area (Å²) in [6, 6.07) is 15.9. The Hall–Kier alpha value is -2.81. The van der Waals surface area contributed by atoms with Crippen molar-refractivity contribution in [3.8, 4) is 11.8 Å². The smallest absolute Gasteiger partial charge is 0.123 e. The molecule has 3 aromatic rings. The molecule has 1 aromatic heterocycles. The van der Waals surface area contributed by atoms with Crippen molar-refractivity contribution in [2.24, 2.45) is 0 Å². The predicted octanol–water partition coefficient (Wildman–Crippen LogP) is 4.79. The van der Waals surface area contributed by atoms with Crippen molar-refractivity contribution in [1.82, 2.24) is 14.4 Å². The van der Waals surface area contributed by atoms with Crippen LogP contribution in [-0.2, 0) is 13.1 Å². The molecule has 0 atom stereocenters. The third-order valence-corrected chi connectivity index (χ3v) is 6.48. The second-order valence-electron chi connectivity index (χ2n) is 8.76. The van der Waals surface area contributed by atoms with Crippen LogP contribution in [0.2, 0.25) is 0 Å². The molecule has 0 spiro atoms. The minimum atomic E-state index is -0.230. The minimum Gasteiger partial charge on any atom is -0.374 e. The number of rotatable bonds is 6. The van der Waals surface area contributed by atoms with E-state index in [4.69, 9.17) is 0 Å². The molecule has 168 valence electrons. The van der Waals surface area contributed by atoms with Gasteiger partial charge in [0.2, 0.25) is 0 Å².